The number of rotatable bonds is 3. The molecule has 0 unspecified atom stereocenters. The van der Waals surface area contributed by atoms with E-state index >= 15 is 0 Å². The van der Waals surface area contributed by atoms with Crippen LogP contribution >= 0.6 is 46.7 Å². The van der Waals surface area contributed by atoms with Crippen LogP contribution in [-0.2, 0) is 5.75 Å². The Bertz CT molecular complexity index is 583. The van der Waals surface area contributed by atoms with Gasteiger partial charge in [0.15, 0.2) is 0 Å². The molecule has 0 spiro atoms. The van der Waals surface area contributed by atoms with Crippen LogP contribution in [0.15, 0.2) is 47.7 Å². The lowest BCUT2D eigenvalue weighted by Gasteiger charge is -2.07. The van der Waals surface area contributed by atoms with Gasteiger partial charge in [-0.05, 0) is 36.1 Å². The molecule has 0 saturated heterocycles. The summed E-state index contributed by atoms with van der Waals surface area (Å²) in [5.41, 5.74) is 1.78. The molecule has 0 aliphatic carbocycles. The third-order valence-corrected chi connectivity index (χ3v) is 5.22. The fourth-order valence-electron chi connectivity index (χ4n) is 1.47. The van der Waals surface area contributed by atoms with E-state index in [0.29, 0.717) is 15.8 Å². The third-order valence-electron chi connectivity index (χ3n) is 2.44. The van der Waals surface area contributed by atoms with Crippen LogP contribution in [0.2, 0.25) is 10.0 Å². The van der Waals surface area contributed by atoms with Gasteiger partial charge in [0.25, 0.3) is 0 Å². The lowest BCUT2D eigenvalue weighted by atomic mass is 10.2. The summed E-state index contributed by atoms with van der Waals surface area (Å²) in [7, 11) is 0. The molecule has 104 valence electrons. The van der Waals surface area contributed by atoms with E-state index in [0.717, 1.165) is 15.6 Å². The molecule has 1 aromatic carbocycles. The maximum atomic E-state index is 6.16. The quantitative estimate of drug-likeness (QED) is 0.530. The molecule has 2 rings (SSSR count). The minimum atomic E-state index is 0.687. The van der Waals surface area contributed by atoms with Gasteiger partial charge in [0, 0.05) is 22.0 Å². The Balaban J connectivity index is 2.10. The maximum Gasteiger partial charge on any atom is 0.130 e. The molecule has 0 amide bonds. The van der Waals surface area contributed by atoms with Gasteiger partial charge in [-0.25, -0.2) is 4.99 Å². The number of hydrogen-bond acceptors (Lipinski definition) is 4. The minimum Gasteiger partial charge on any atom is -0.262 e. The number of aliphatic imine (C=N–C) groups is 1. The number of nitrogens with zero attached hydrogens (tertiary/aromatic N) is 2. The largest absolute Gasteiger partial charge is 0.262 e. The van der Waals surface area contributed by atoms with E-state index in [2.05, 4.69) is 9.98 Å². The zero-order valence-electron chi connectivity index (χ0n) is 10.7. The van der Waals surface area contributed by atoms with Crippen LogP contribution in [0.25, 0.3) is 0 Å². The van der Waals surface area contributed by atoms with Gasteiger partial charge < -0.3 is 0 Å². The summed E-state index contributed by atoms with van der Waals surface area (Å²) in [5, 5.41) is 1.37. The number of benzene rings is 1. The van der Waals surface area contributed by atoms with Gasteiger partial charge in [-0.15, -0.1) is 11.8 Å². The minimum absolute atomic E-state index is 0.687. The van der Waals surface area contributed by atoms with Gasteiger partial charge in [0.05, 0.1) is 11.9 Å². The standard InChI is InChI=1S/C14H12Cl2N2S2/c1-19-14(18-10-4-3-7-17-8-10)20-9-11-12(15)5-2-6-13(11)16/h2-8H,9H2,1H3. The first-order valence-electron chi connectivity index (χ1n) is 5.79. The molecule has 0 N–H and O–H groups in total. The average molecular weight is 343 g/mol. The number of aromatic nitrogens is 1. The lowest BCUT2D eigenvalue weighted by molar-refractivity contribution is 1.31. The molecule has 2 nitrogen and oxygen atoms in total. The SMILES string of the molecule is CSC(=Nc1cccnc1)SCc1c(Cl)cccc1Cl. The molecule has 2 aromatic rings. The Kier molecular flexibility index (Phi) is 6.23. The summed E-state index contributed by atoms with van der Waals surface area (Å²) in [6, 6.07) is 9.33. The fourth-order valence-corrected chi connectivity index (χ4v) is 3.75. The molecule has 1 aromatic heterocycles. The van der Waals surface area contributed by atoms with Crippen molar-refractivity contribution in [3.05, 3.63) is 58.3 Å². The molecule has 1 heterocycles. The first-order chi connectivity index (χ1) is 9.70. The molecule has 0 atom stereocenters. The predicted octanol–water partition coefficient (Wildman–Crippen LogP) is 5.67. The highest BCUT2D eigenvalue weighted by atomic mass is 35.5. The van der Waals surface area contributed by atoms with Crippen LogP contribution in [0.1, 0.15) is 5.56 Å². The van der Waals surface area contributed by atoms with Crippen LogP contribution in [-0.4, -0.2) is 15.6 Å². The number of pyridine rings is 1. The Morgan fingerprint density at radius 3 is 2.55 bits per heavy atom. The topological polar surface area (TPSA) is 25.2 Å². The van der Waals surface area contributed by atoms with E-state index < -0.39 is 0 Å². The summed E-state index contributed by atoms with van der Waals surface area (Å²) >= 11 is 15.5. The van der Waals surface area contributed by atoms with Gasteiger partial charge in [-0.2, -0.15) is 0 Å². The van der Waals surface area contributed by atoms with Gasteiger partial charge in [-0.1, -0.05) is 41.0 Å². The third kappa shape index (κ3) is 4.42. The second-order valence-corrected chi connectivity index (χ2v) is 6.61. The summed E-state index contributed by atoms with van der Waals surface area (Å²) in [4.78, 5) is 8.60. The first kappa shape index (κ1) is 15.7. The van der Waals surface area contributed by atoms with Gasteiger partial charge in [0.2, 0.25) is 0 Å². The molecular formula is C14H12Cl2N2S2. The van der Waals surface area contributed by atoms with E-state index in [4.69, 9.17) is 23.2 Å². The van der Waals surface area contributed by atoms with Gasteiger partial charge in [-0.3, -0.25) is 4.98 Å². The van der Waals surface area contributed by atoms with E-state index in [1.165, 1.54) is 0 Å². The molecule has 20 heavy (non-hydrogen) atoms. The Hall–Kier alpha value is -0.680. The Morgan fingerprint density at radius 1 is 1.20 bits per heavy atom. The van der Waals surface area contributed by atoms with Gasteiger partial charge in [0.1, 0.15) is 4.38 Å². The van der Waals surface area contributed by atoms with Crippen molar-refractivity contribution in [2.24, 2.45) is 4.99 Å². The summed E-state index contributed by atoms with van der Waals surface area (Å²) in [6.07, 6.45) is 5.46. The highest BCUT2D eigenvalue weighted by molar-refractivity contribution is 8.38. The summed E-state index contributed by atoms with van der Waals surface area (Å²) in [6.45, 7) is 0. The second kappa shape index (κ2) is 7.93. The van der Waals surface area contributed by atoms with Crippen LogP contribution in [0.5, 0.6) is 0 Å². The first-order valence-corrected chi connectivity index (χ1v) is 8.75. The van der Waals surface area contributed by atoms with Crippen LogP contribution < -0.4 is 0 Å². The zero-order chi connectivity index (χ0) is 14.4. The number of thioether (sulfide) groups is 2. The molecule has 0 radical (unpaired) electrons. The Morgan fingerprint density at radius 2 is 1.95 bits per heavy atom. The molecule has 0 saturated carbocycles. The van der Waals surface area contributed by atoms with Crippen molar-refractivity contribution in [2.45, 2.75) is 5.75 Å². The van der Waals surface area contributed by atoms with E-state index in [-0.39, 0.29) is 0 Å². The second-order valence-electron chi connectivity index (χ2n) is 3.78. The number of halogens is 2. The normalized spacial score (nSPS) is 11.7. The molecular weight excluding hydrogens is 331 g/mol. The van der Waals surface area contributed by atoms with E-state index in [1.807, 2.05) is 36.6 Å². The van der Waals surface area contributed by atoms with Crippen molar-refractivity contribution in [3.63, 3.8) is 0 Å². The zero-order valence-corrected chi connectivity index (χ0v) is 13.9. The van der Waals surface area contributed by atoms with Crippen LogP contribution in [0.3, 0.4) is 0 Å². The average Bonchev–Trinajstić information content (AvgIpc) is 2.46. The molecule has 0 aliphatic rings. The lowest BCUT2D eigenvalue weighted by Crippen LogP contribution is -1.89. The molecule has 0 bridgehead atoms. The van der Waals surface area contributed by atoms with Crippen molar-refractivity contribution >= 4 is 56.8 Å². The number of hydrogen-bond donors (Lipinski definition) is 0. The molecule has 0 fully saturated rings. The van der Waals surface area contributed by atoms with Crippen molar-refractivity contribution in [1.29, 1.82) is 0 Å². The summed E-state index contributed by atoms with van der Waals surface area (Å²) in [5.74, 6) is 0.693. The highest BCUT2D eigenvalue weighted by Gasteiger charge is 2.08. The van der Waals surface area contributed by atoms with E-state index in [1.54, 1.807) is 35.9 Å². The van der Waals surface area contributed by atoms with Crippen LogP contribution in [0, 0.1) is 0 Å². The Labute approximate surface area is 137 Å². The van der Waals surface area contributed by atoms with Crippen molar-refractivity contribution < 1.29 is 0 Å². The van der Waals surface area contributed by atoms with Crippen molar-refractivity contribution in [2.75, 3.05) is 6.26 Å². The highest BCUT2D eigenvalue weighted by Crippen LogP contribution is 2.31. The predicted molar refractivity (Wildman–Crippen MR) is 92.6 cm³/mol. The van der Waals surface area contributed by atoms with E-state index in [9.17, 15) is 0 Å². The smallest absolute Gasteiger partial charge is 0.130 e. The van der Waals surface area contributed by atoms with Crippen molar-refractivity contribution in [3.8, 4) is 0 Å². The molecule has 6 heteroatoms. The van der Waals surface area contributed by atoms with Crippen LogP contribution in [0.4, 0.5) is 5.69 Å². The maximum absolute atomic E-state index is 6.16. The summed E-state index contributed by atoms with van der Waals surface area (Å²) < 4.78 is 0.953. The van der Waals surface area contributed by atoms with Gasteiger partial charge >= 0.3 is 0 Å². The molecule has 0 aliphatic heterocycles. The monoisotopic (exact) mass is 342 g/mol. The fraction of sp³-hybridized carbons (Fsp3) is 0.143. The van der Waals surface area contributed by atoms with Crippen molar-refractivity contribution in [1.82, 2.24) is 4.98 Å².